The summed E-state index contributed by atoms with van der Waals surface area (Å²) in [4.78, 5) is 11.4. The first-order valence-electron chi connectivity index (χ1n) is 7.00. The van der Waals surface area contributed by atoms with Crippen LogP contribution in [-0.4, -0.2) is 51.6 Å². The highest BCUT2D eigenvalue weighted by molar-refractivity contribution is 7.90. The fourth-order valence-corrected chi connectivity index (χ4v) is 2.83. The number of benzene rings is 1. The number of carboxylic acid groups (broad SMARTS) is 1. The zero-order valence-electron chi connectivity index (χ0n) is 13.6. The second-order valence-corrected chi connectivity index (χ2v) is 6.62. The fourth-order valence-electron chi connectivity index (χ4n) is 1.86. The molecule has 0 bridgehead atoms. The molecule has 0 atom stereocenters. The van der Waals surface area contributed by atoms with Crippen molar-refractivity contribution in [3.8, 4) is 11.5 Å². The van der Waals surface area contributed by atoms with Gasteiger partial charge in [-0.3, -0.25) is 4.72 Å². The summed E-state index contributed by atoms with van der Waals surface area (Å²) < 4.78 is 38.1. The molecule has 23 heavy (non-hydrogen) atoms. The van der Waals surface area contributed by atoms with Gasteiger partial charge in [0, 0.05) is 25.7 Å². The van der Waals surface area contributed by atoms with Crippen LogP contribution in [0.25, 0.3) is 0 Å². The number of nitrogens with one attached hydrogen (secondary N) is 1. The SMILES string of the molecule is CCCCN(C)S(=O)(=O)Nc1cc(OC)c(OC)cc1C(=O)O. The van der Waals surface area contributed by atoms with E-state index in [1.54, 1.807) is 0 Å². The number of carboxylic acids is 1. The molecule has 0 spiro atoms. The van der Waals surface area contributed by atoms with Crippen molar-refractivity contribution in [2.45, 2.75) is 19.8 Å². The van der Waals surface area contributed by atoms with Gasteiger partial charge in [0.15, 0.2) is 11.5 Å². The summed E-state index contributed by atoms with van der Waals surface area (Å²) in [5.41, 5.74) is -0.311. The second kappa shape index (κ2) is 8.02. The minimum atomic E-state index is -3.86. The molecule has 0 fully saturated rings. The first-order valence-corrected chi connectivity index (χ1v) is 8.44. The van der Waals surface area contributed by atoms with Crippen molar-refractivity contribution in [2.24, 2.45) is 0 Å². The van der Waals surface area contributed by atoms with Crippen LogP contribution in [-0.2, 0) is 10.2 Å². The van der Waals surface area contributed by atoms with Crippen LogP contribution < -0.4 is 14.2 Å². The van der Waals surface area contributed by atoms with E-state index in [2.05, 4.69) is 4.72 Å². The molecule has 1 aromatic rings. The van der Waals surface area contributed by atoms with E-state index in [1.807, 2.05) is 6.92 Å². The molecule has 9 heteroatoms. The van der Waals surface area contributed by atoms with Crippen molar-refractivity contribution >= 4 is 21.9 Å². The van der Waals surface area contributed by atoms with Crippen LogP contribution in [0.2, 0.25) is 0 Å². The molecule has 0 saturated carbocycles. The van der Waals surface area contributed by atoms with E-state index in [-0.39, 0.29) is 22.7 Å². The maximum atomic E-state index is 12.3. The number of rotatable bonds is 9. The first kappa shape index (κ1) is 19.0. The monoisotopic (exact) mass is 346 g/mol. The van der Waals surface area contributed by atoms with Crippen LogP contribution in [0.1, 0.15) is 30.1 Å². The lowest BCUT2D eigenvalue weighted by Crippen LogP contribution is -2.33. The largest absolute Gasteiger partial charge is 0.493 e. The molecule has 130 valence electrons. The number of carbonyl (C=O) groups is 1. The standard InChI is InChI=1S/C14H22N2O6S/c1-5-6-7-16(2)23(19,20)15-11-9-13(22-4)12(21-3)8-10(11)14(17)18/h8-9,15H,5-7H2,1-4H3,(H,17,18). The van der Waals surface area contributed by atoms with Crippen molar-refractivity contribution in [3.63, 3.8) is 0 Å². The average molecular weight is 346 g/mol. The maximum absolute atomic E-state index is 12.3. The van der Waals surface area contributed by atoms with Gasteiger partial charge < -0.3 is 14.6 Å². The van der Waals surface area contributed by atoms with E-state index in [0.29, 0.717) is 13.0 Å². The molecular formula is C14H22N2O6S. The number of aromatic carboxylic acids is 1. The van der Waals surface area contributed by atoms with Gasteiger partial charge in [0.1, 0.15) is 0 Å². The van der Waals surface area contributed by atoms with Crippen LogP contribution >= 0.6 is 0 Å². The molecular weight excluding hydrogens is 324 g/mol. The molecule has 8 nitrogen and oxygen atoms in total. The van der Waals surface area contributed by atoms with Gasteiger partial charge in [0.25, 0.3) is 0 Å². The number of unbranched alkanes of at least 4 members (excludes halogenated alkanes) is 1. The van der Waals surface area contributed by atoms with Gasteiger partial charge >= 0.3 is 16.2 Å². The number of nitrogens with zero attached hydrogens (tertiary/aromatic N) is 1. The van der Waals surface area contributed by atoms with E-state index in [0.717, 1.165) is 10.7 Å². The molecule has 0 unspecified atom stereocenters. The number of hydrogen-bond acceptors (Lipinski definition) is 5. The maximum Gasteiger partial charge on any atom is 0.337 e. The Morgan fingerprint density at radius 1 is 1.26 bits per heavy atom. The van der Waals surface area contributed by atoms with Crippen molar-refractivity contribution in [1.82, 2.24) is 4.31 Å². The van der Waals surface area contributed by atoms with Crippen LogP contribution in [0, 0.1) is 0 Å². The predicted octanol–water partition coefficient (Wildman–Crippen LogP) is 1.79. The third-order valence-electron chi connectivity index (χ3n) is 3.23. The zero-order chi connectivity index (χ0) is 17.6. The summed E-state index contributed by atoms with van der Waals surface area (Å²) in [6.07, 6.45) is 1.55. The molecule has 0 aromatic heterocycles. The van der Waals surface area contributed by atoms with Crippen LogP contribution in [0.15, 0.2) is 12.1 Å². The van der Waals surface area contributed by atoms with E-state index in [4.69, 9.17) is 9.47 Å². The molecule has 0 aliphatic heterocycles. The quantitative estimate of drug-likeness (QED) is 0.706. The Hall–Kier alpha value is -2.00. The number of ether oxygens (including phenoxy) is 2. The Morgan fingerprint density at radius 3 is 2.30 bits per heavy atom. The lowest BCUT2D eigenvalue weighted by atomic mass is 10.1. The minimum Gasteiger partial charge on any atom is -0.493 e. The molecule has 0 amide bonds. The molecule has 0 aliphatic rings. The van der Waals surface area contributed by atoms with Gasteiger partial charge in [-0.25, -0.2) is 4.79 Å². The second-order valence-electron chi connectivity index (χ2n) is 4.84. The minimum absolute atomic E-state index is 0.0847. The highest BCUT2D eigenvalue weighted by atomic mass is 32.2. The van der Waals surface area contributed by atoms with Crippen molar-refractivity contribution in [3.05, 3.63) is 17.7 Å². The molecule has 2 N–H and O–H groups in total. The normalized spacial score (nSPS) is 11.3. The van der Waals surface area contributed by atoms with Gasteiger partial charge in [-0.2, -0.15) is 12.7 Å². The van der Waals surface area contributed by atoms with Crippen molar-refractivity contribution < 1.29 is 27.8 Å². The third kappa shape index (κ3) is 4.73. The van der Waals surface area contributed by atoms with Gasteiger partial charge in [-0.1, -0.05) is 13.3 Å². The molecule has 0 radical (unpaired) electrons. The van der Waals surface area contributed by atoms with Crippen molar-refractivity contribution in [2.75, 3.05) is 32.5 Å². The lowest BCUT2D eigenvalue weighted by molar-refractivity contribution is 0.0697. The predicted molar refractivity (Wildman–Crippen MR) is 86.6 cm³/mol. The van der Waals surface area contributed by atoms with Crippen LogP contribution in [0.4, 0.5) is 5.69 Å². The van der Waals surface area contributed by atoms with Gasteiger partial charge in [0.2, 0.25) is 0 Å². The van der Waals surface area contributed by atoms with Crippen LogP contribution in [0.3, 0.4) is 0 Å². The van der Waals surface area contributed by atoms with Gasteiger partial charge in [-0.15, -0.1) is 0 Å². The molecule has 0 aliphatic carbocycles. The fraction of sp³-hybridized carbons (Fsp3) is 0.500. The zero-order valence-corrected chi connectivity index (χ0v) is 14.4. The Labute approximate surface area is 136 Å². The average Bonchev–Trinajstić information content (AvgIpc) is 2.51. The summed E-state index contributed by atoms with van der Waals surface area (Å²) in [7, 11) is 0.313. The summed E-state index contributed by atoms with van der Waals surface area (Å²) in [5, 5.41) is 9.28. The first-order chi connectivity index (χ1) is 10.8. The highest BCUT2D eigenvalue weighted by Crippen LogP contribution is 2.34. The molecule has 1 rings (SSSR count). The lowest BCUT2D eigenvalue weighted by Gasteiger charge is -2.20. The van der Waals surface area contributed by atoms with Gasteiger partial charge in [0.05, 0.1) is 25.5 Å². The number of anilines is 1. The van der Waals surface area contributed by atoms with E-state index in [1.165, 1.54) is 33.4 Å². The van der Waals surface area contributed by atoms with E-state index >= 15 is 0 Å². The van der Waals surface area contributed by atoms with Crippen molar-refractivity contribution in [1.29, 1.82) is 0 Å². The smallest absolute Gasteiger partial charge is 0.337 e. The van der Waals surface area contributed by atoms with Crippen LogP contribution in [0.5, 0.6) is 11.5 Å². The van der Waals surface area contributed by atoms with E-state index < -0.39 is 16.2 Å². The topological polar surface area (TPSA) is 105 Å². The summed E-state index contributed by atoms with van der Waals surface area (Å²) in [6.45, 7) is 2.28. The molecule has 0 heterocycles. The number of methoxy groups -OCH3 is 2. The van der Waals surface area contributed by atoms with E-state index in [9.17, 15) is 18.3 Å². The van der Waals surface area contributed by atoms with Gasteiger partial charge in [-0.05, 0) is 6.42 Å². The Kier molecular flexibility index (Phi) is 6.64. The third-order valence-corrected chi connectivity index (χ3v) is 4.71. The highest BCUT2D eigenvalue weighted by Gasteiger charge is 2.23. The Bertz CT molecular complexity index is 659. The summed E-state index contributed by atoms with van der Waals surface area (Å²) in [5.74, 6) is -0.849. The summed E-state index contributed by atoms with van der Waals surface area (Å²) >= 11 is 0. The molecule has 1 aromatic carbocycles. The Morgan fingerprint density at radius 2 is 1.83 bits per heavy atom. The summed E-state index contributed by atoms with van der Waals surface area (Å²) in [6, 6.07) is 2.50. The Balaban J connectivity index is 3.23. The molecule has 0 saturated heterocycles. The number of hydrogen-bond donors (Lipinski definition) is 2.